The first-order valence-electron chi connectivity index (χ1n) is 7.24. The summed E-state index contributed by atoms with van der Waals surface area (Å²) in [5.74, 6) is -0.0424. The van der Waals surface area contributed by atoms with Crippen molar-refractivity contribution in [2.24, 2.45) is 0 Å². The number of rotatable bonds is 5. The molecule has 2 amide bonds. The molecule has 114 valence electrons. The fraction of sp³-hybridized carbons (Fsp3) is 0.500. The number of benzene rings is 1. The number of hydrogen-bond acceptors (Lipinski definition) is 3. The fourth-order valence-corrected chi connectivity index (χ4v) is 2.79. The van der Waals surface area contributed by atoms with E-state index in [0.717, 1.165) is 12.0 Å². The van der Waals surface area contributed by atoms with E-state index in [1.807, 2.05) is 18.2 Å². The Kier molecular flexibility index (Phi) is 5.33. The van der Waals surface area contributed by atoms with Gasteiger partial charge in [-0.25, -0.2) is 0 Å². The molecule has 1 aliphatic rings. The minimum absolute atomic E-state index is 0.0131. The van der Waals surface area contributed by atoms with Gasteiger partial charge < -0.3 is 15.0 Å². The minimum atomic E-state index is -0.171. The summed E-state index contributed by atoms with van der Waals surface area (Å²) in [6, 6.07) is 7.87. The van der Waals surface area contributed by atoms with Crippen molar-refractivity contribution in [1.82, 2.24) is 10.2 Å². The summed E-state index contributed by atoms with van der Waals surface area (Å²) >= 11 is 0. The molecular weight excluding hydrogens is 268 g/mol. The van der Waals surface area contributed by atoms with Gasteiger partial charge in [-0.15, -0.1) is 0 Å². The lowest BCUT2D eigenvalue weighted by molar-refractivity contribution is -0.133. The molecule has 0 aromatic heterocycles. The molecule has 0 radical (unpaired) electrons. The molecule has 0 spiro atoms. The van der Waals surface area contributed by atoms with Gasteiger partial charge in [0.25, 0.3) is 0 Å². The largest absolute Gasteiger partial charge is 0.383 e. The molecule has 2 rings (SSSR count). The Morgan fingerprint density at radius 1 is 1.38 bits per heavy atom. The third-order valence-electron chi connectivity index (χ3n) is 3.82. The highest BCUT2D eigenvalue weighted by atomic mass is 16.5. The lowest BCUT2D eigenvalue weighted by Gasteiger charge is -2.36. The summed E-state index contributed by atoms with van der Waals surface area (Å²) in [5, 5.41) is 2.82. The van der Waals surface area contributed by atoms with Gasteiger partial charge in [0.15, 0.2) is 0 Å². The van der Waals surface area contributed by atoms with Crippen LogP contribution in [0.4, 0.5) is 0 Å². The molecule has 0 saturated carbocycles. The molecule has 5 nitrogen and oxygen atoms in total. The maximum Gasteiger partial charge on any atom is 0.222 e. The zero-order chi connectivity index (χ0) is 15.2. The van der Waals surface area contributed by atoms with Crippen LogP contribution >= 0.6 is 0 Å². The Labute approximate surface area is 125 Å². The third kappa shape index (κ3) is 3.82. The lowest BCUT2D eigenvalue weighted by atomic mass is 9.90. The summed E-state index contributed by atoms with van der Waals surface area (Å²) in [7, 11) is 1.60. The van der Waals surface area contributed by atoms with Crippen molar-refractivity contribution in [3.63, 3.8) is 0 Å². The van der Waals surface area contributed by atoms with Crippen LogP contribution in [0.15, 0.2) is 24.3 Å². The smallest absolute Gasteiger partial charge is 0.222 e. The summed E-state index contributed by atoms with van der Waals surface area (Å²) in [4.78, 5) is 25.7. The molecule has 5 heteroatoms. The zero-order valence-corrected chi connectivity index (χ0v) is 12.6. The molecule has 0 fully saturated rings. The van der Waals surface area contributed by atoms with E-state index in [4.69, 9.17) is 4.74 Å². The second-order valence-electron chi connectivity index (χ2n) is 5.22. The monoisotopic (exact) mass is 290 g/mol. The average molecular weight is 290 g/mol. The average Bonchev–Trinajstić information content (AvgIpc) is 2.47. The van der Waals surface area contributed by atoms with Crippen LogP contribution in [0.5, 0.6) is 0 Å². The number of carbonyl (C=O) groups is 2. The second-order valence-corrected chi connectivity index (χ2v) is 5.22. The van der Waals surface area contributed by atoms with Crippen molar-refractivity contribution in [2.45, 2.75) is 25.8 Å². The maximum absolute atomic E-state index is 12.1. The van der Waals surface area contributed by atoms with Crippen LogP contribution in [0.2, 0.25) is 0 Å². The molecule has 1 aromatic carbocycles. The molecule has 0 saturated heterocycles. The molecule has 0 aliphatic carbocycles. The molecular formula is C16H22N2O3. The molecule has 21 heavy (non-hydrogen) atoms. The van der Waals surface area contributed by atoms with E-state index in [1.165, 1.54) is 5.56 Å². The Hall–Kier alpha value is -1.88. The Bertz CT molecular complexity index is 516. The van der Waals surface area contributed by atoms with Gasteiger partial charge in [0.1, 0.15) is 0 Å². The van der Waals surface area contributed by atoms with Gasteiger partial charge in [-0.05, 0) is 17.5 Å². The summed E-state index contributed by atoms with van der Waals surface area (Å²) in [5.41, 5.74) is 2.31. The number of carbonyl (C=O) groups excluding carboxylic acids is 2. The fourth-order valence-electron chi connectivity index (χ4n) is 2.79. The highest BCUT2D eigenvalue weighted by Crippen LogP contribution is 2.32. The SMILES string of the molecule is COCCNC(=O)CC1c2ccccc2CCN1C(C)=O. The number of amides is 2. The van der Waals surface area contributed by atoms with E-state index < -0.39 is 0 Å². The van der Waals surface area contributed by atoms with Gasteiger partial charge in [-0.3, -0.25) is 9.59 Å². The highest BCUT2D eigenvalue weighted by Gasteiger charge is 2.30. The van der Waals surface area contributed by atoms with Crippen LogP contribution in [0.3, 0.4) is 0 Å². The van der Waals surface area contributed by atoms with Crippen molar-refractivity contribution >= 4 is 11.8 Å². The molecule has 1 heterocycles. The number of nitrogens with one attached hydrogen (secondary N) is 1. The van der Waals surface area contributed by atoms with Crippen molar-refractivity contribution in [1.29, 1.82) is 0 Å². The Balaban J connectivity index is 2.12. The second kappa shape index (κ2) is 7.22. The van der Waals surface area contributed by atoms with Gasteiger partial charge in [-0.1, -0.05) is 24.3 Å². The summed E-state index contributed by atoms with van der Waals surface area (Å²) in [6.07, 6.45) is 1.14. The van der Waals surface area contributed by atoms with Crippen molar-refractivity contribution in [3.8, 4) is 0 Å². The van der Waals surface area contributed by atoms with Gasteiger partial charge in [-0.2, -0.15) is 0 Å². The predicted molar refractivity (Wildman–Crippen MR) is 79.8 cm³/mol. The Morgan fingerprint density at radius 3 is 2.86 bits per heavy atom. The molecule has 1 N–H and O–H groups in total. The maximum atomic E-state index is 12.1. The predicted octanol–water partition coefficient (Wildman–Crippen LogP) is 1.28. The molecule has 1 unspecified atom stereocenters. The standard InChI is InChI=1S/C16H22N2O3/c1-12(19)18-9-7-13-5-3-4-6-14(13)15(18)11-16(20)17-8-10-21-2/h3-6,15H,7-11H2,1-2H3,(H,17,20). The first-order valence-corrected chi connectivity index (χ1v) is 7.24. The van der Waals surface area contributed by atoms with Crippen LogP contribution in [0, 0.1) is 0 Å². The lowest BCUT2D eigenvalue weighted by Crippen LogP contribution is -2.41. The molecule has 1 aliphatic heterocycles. The van der Waals surface area contributed by atoms with Crippen molar-refractivity contribution < 1.29 is 14.3 Å². The van der Waals surface area contributed by atoms with Gasteiger partial charge in [0, 0.05) is 27.1 Å². The molecule has 1 atom stereocenters. The van der Waals surface area contributed by atoms with Crippen LogP contribution in [0.25, 0.3) is 0 Å². The number of hydrogen-bond donors (Lipinski definition) is 1. The van der Waals surface area contributed by atoms with E-state index >= 15 is 0 Å². The van der Waals surface area contributed by atoms with Crippen molar-refractivity contribution in [3.05, 3.63) is 35.4 Å². The number of fused-ring (bicyclic) bond motifs is 1. The summed E-state index contributed by atoms with van der Waals surface area (Å²) in [6.45, 7) is 3.21. The van der Waals surface area contributed by atoms with Crippen LogP contribution in [-0.4, -0.2) is 43.5 Å². The molecule has 0 bridgehead atoms. The molecule has 1 aromatic rings. The van der Waals surface area contributed by atoms with Crippen LogP contribution in [-0.2, 0) is 20.7 Å². The highest BCUT2D eigenvalue weighted by molar-refractivity contribution is 5.79. The zero-order valence-electron chi connectivity index (χ0n) is 12.6. The van der Waals surface area contributed by atoms with E-state index in [0.29, 0.717) is 26.1 Å². The van der Waals surface area contributed by atoms with Crippen molar-refractivity contribution in [2.75, 3.05) is 26.8 Å². The summed E-state index contributed by atoms with van der Waals surface area (Å²) < 4.78 is 4.92. The normalized spacial score (nSPS) is 17.2. The first kappa shape index (κ1) is 15.5. The topological polar surface area (TPSA) is 58.6 Å². The van der Waals surface area contributed by atoms with Gasteiger partial charge >= 0.3 is 0 Å². The van der Waals surface area contributed by atoms with Crippen LogP contribution < -0.4 is 5.32 Å². The van der Waals surface area contributed by atoms with E-state index in [1.54, 1.807) is 18.9 Å². The van der Waals surface area contributed by atoms with Gasteiger partial charge in [0.05, 0.1) is 19.1 Å². The first-order chi connectivity index (χ1) is 10.1. The Morgan fingerprint density at radius 2 is 2.14 bits per heavy atom. The third-order valence-corrected chi connectivity index (χ3v) is 3.82. The number of ether oxygens (including phenoxy) is 1. The van der Waals surface area contributed by atoms with E-state index in [9.17, 15) is 9.59 Å². The van der Waals surface area contributed by atoms with Crippen LogP contribution in [0.1, 0.15) is 30.5 Å². The quantitative estimate of drug-likeness (QED) is 0.831. The van der Waals surface area contributed by atoms with Gasteiger partial charge in [0.2, 0.25) is 11.8 Å². The van der Waals surface area contributed by atoms with E-state index in [-0.39, 0.29) is 17.9 Å². The number of methoxy groups -OCH3 is 1. The number of nitrogens with zero attached hydrogens (tertiary/aromatic N) is 1. The minimum Gasteiger partial charge on any atom is -0.383 e. The van der Waals surface area contributed by atoms with E-state index in [2.05, 4.69) is 11.4 Å².